The third-order valence-corrected chi connectivity index (χ3v) is 5.47. The van der Waals surface area contributed by atoms with Gasteiger partial charge in [0, 0.05) is 39.5 Å². The summed E-state index contributed by atoms with van der Waals surface area (Å²) in [6, 6.07) is 0. The molecule has 0 fully saturated rings. The molecular weight excluding hydrogens is 395 g/mol. The summed E-state index contributed by atoms with van der Waals surface area (Å²) in [5.41, 5.74) is 1.82. The molecule has 0 unspecified atom stereocenters. The molecule has 0 aromatic rings. The highest BCUT2D eigenvalue weighted by Crippen LogP contribution is 2.32. The number of alkyl halides is 2. The first-order valence-electron chi connectivity index (χ1n) is 9.02. The van der Waals surface area contributed by atoms with Gasteiger partial charge in [0.05, 0.1) is 23.0 Å². The Balaban J connectivity index is 2.17. The zero-order valence-corrected chi connectivity index (χ0v) is 16.9. The Morgan fingerprint density at radius 3 is 1.63 bits per heavy atom. The topological polar surface area (TPSA) is 93.1 Å². The smallest absolute Gasteiger partial charge is 0.302 e. The second kappa shape index (κ2) is 9.92. The number of aliphatic hydroxyl groups is 2. The molecule has 0 aliphatic heterocycles. The van der Waals surface area contributed by atoms with Crippen LogP contribution in [0.1, 0.15) is 46.0 Å². The van der Waals surface area contributed by atoms with Crippen LogP contribution < -0.4 is 0 Å². The van der Waals surface area contributed by atoms with E-state index < -0.39 is 47.1 Å². The minimum absolute atomic E-state index is 0.264. The Morgan fingerprint density at radius 2 is 1.30 bits per heavy atom. The van der Waals surface area contributed by atoms with Gasteiger partial charge in [0.15, 0.2) is 0 Å². The molecule has 0 aromatic heterocycles. The van der Waals surface area contributed by atoms with E-state index in [0.29, 0.717) is 19.3 Å². The summed E-state index contributed by atoms with van der Waals surface area (Å²) in [6.07, 6.45) is 2.93. The fourth-order valence-corrected chi connectivity index (χ4v) is 4.12. The molecule has 2 aliphatic rings. The first kappa shape index (κ1) is 22.2. The van der Waals surface area contributed by atoms with Crippen molar-refractivity contribution in [2.24, 2.45) is 0 Å². The molecule has 8 heteroatoms. The molecular formula is C19H26Cl2O6. The van der Waals surface area contributed by atoms with Crippen molar-refractivity contribution in [3.63, 3.8) is 0 Å². The number of ether oxygens (including phenoxy) is 2. The molecule has 0 bridgehead atoms. The maximum absolute atomic E-state index is 11.3. The quantitative estimate of drug-likeness (QED) is 0.412. The normalized spacial score (nSPS) is 34.6. The first-order chi connectivity index (χ1) is 12.6. The van der Waals surface area contributed by atoms with Crippen LogP contribution in [0.5, 0.6) is 0 Å². The van der Waals surface area contributed by atoms with E-state index in [1.54, 1.807) is 12.2 Å². The van der Waals surface area contributed by atoms with Crippen LogP contribution in [0, 0.1) is 0 Å². The van der Waals surface area contributed by atoms with Crippen molar-refractivity contribution in [2.45, 2.75) is 81.1 Å². The van der Waals surface area contributed by atoms with Gasteiger partial charge in [0.1, 0.15) is 12.2 Å². The van der Waals surface area contributed by atoms with Gasteiger partial charge in [-0.1, -0.05) is 23.3 Å². The van der Waals surface area contributed by atoms with Crippen molar-refractivity contribution in [1.82, 2.24) is 0 Å². The lowest BCUT2D eigenvalue weighted by Crippen LogP contribution is -2.25. The standard InChI is InChI=1S/C19H26Cl2O6/c1-10(22)26-14-4-12(6-16(20)18(24)8-14)3-13-5-15(27-11(2)23)9-19(25)17(21)7-13/h6-7,14-19,24-25H,3-5,8-9H2,1-2H3/t14-,15+,16+,17-,18-,19+. The van der Waals surface area contributed by atoms with Crippen molar-refractivity contribution in [3.05, 3.63) is 23.3 Å². The summed E-state index contributed by atoms with van der Waals surface area (Å²) in [4.78, 5) is 22.6. The van der Waals surface area contributed by atoms with E-state index in [1.165, 1.54) is 13.8 Å². The van der Waals surface area contributed by atoms with Crippen LogP contribution in [-0.2, 0) is 19.1 Å². The maximum atomic E-state index is 11.3. The molecule has 2 N–H and O–H groups in total. The summed E-state index contributed by atoms with van der Waals surface area (Å²) in [6.45, 7) is 2.66. The molecule has 0 heterocycles. The molecule has 0 radical (unpaired) electrons. The summed E-state index contributed by atoms with van der Waals surface area (Å²) in [5.74, 6) is -0.820. The van der Waals surface area contributed by atoms with Crippen LogP contribution in [0.25, 0.3) is 0 Å². The van der Waals surface area contributed by atoms with Crippen LogP contribution in [0.4, 0.5) is 0 Å². The Morgan fingerprint density at radius 1 is 0.926 bits per heavy atom. The number of carbonyl (C=O) groups is 2. The third-order valence-electron chi connectivity index (χ3n) is 4.63. The fraction of sp³-hybridized carbons (Fsp3) is 0.684. The van der Waals surface area contributed by atoms with Gasteiger partial charge in [-0.25, -0.2) is 0 Å². The van der Waals surface area contributed by atoms with Gasteiger partial charge in [-0.2, -0.15) is 0 Å². The number of aliphatic hydroxyl groups excluding tert-OH is 2. The van der Waals surface area contributed by atoms with Crippen LogP contribution in [0.15, 0.2) is 23.3 Å². The lowest BCUT2D eigenvalue weighted by molar-refractivity contribution is -0.148. The molecule has 0 aromatic carbocycles. The molecule has 0 amide bonds. The molecule has 0 saturated carbocycles. The van der Waals surface area contributed by atoms with E-state index in [4.69, 9.17) is 32.7 Å². The van der Waals surface area contributed by atoms with Crippen molar-refractivity contribution < 1.29 is 29.3 Å². The Hall–Kier alpha value is -1.08. The van der Waals surface area contributed by atoms with Gasteiger partial charge in [-0.3, -0.25) is 9.59 Å². The zero-order valence-electron chi connectivity index (χ0n) is 15.4. The largest absolute Gasteiger partial charge is 0.462 e. The van der Waals surface area contributed by atoms with Gasteiger partial charge in [-0.15, -0.1) is 23.2 Å². The van der Waals surface area contributed by atoms with Crippen molar-refractivity contribution in [1.29, 1.82) is 0 Å². The average molecular weight is 421 g/mol. The van der Waals surface area contributed by atoms with E-state index >= 15 is 0 Å². The Bertz CT molecular complexity index is 565. The third kappa shape index (κ3) is 7.11. The highest BCUT2D eigenvalue weighted by molar-refractivity contribution is 6.22. The van der Waals surface area contributed by atoms with E-state index in [1.807, 2.05) is 0 Å². The van der Waals surface area contributed by atoms with Crippen molar-refractivity contribution >= 4 is 35.1 Å². The summed E-state index contributed by atoms with van der Waals surface area (Å²) in [7, 11) is 0. The predicted molar refractivity (Wildman–Crippen MR) is 102 cm³/mol. The SMILES string of the molecule is CC(=O)O[C@@H]1CC(CC2=C[C@@H](Cl)[C@@H](O)C[C@@H](OC(C)=O)C2)=C[C@H](Cl)[C@H](O)C1. The molecule has 27 heavy (non-hydrogen) atoms. The monoisotopic (exact) mass is 420 g/mol. The summed E-state index contributed by atoms with van der Waals surface area (Å²) >= 11 is 12.5. The highest BCUT2D eigenvalue weighted by atomic mass is 35.5. The summed E-state index contributed by atoms with van der Waals surface area (Å²) < 4.78 is 10.6. The maximum Gasteiger partial charge on any atom is 0.302 e. The van der Waals surface area contributed by atoms with Crippen LogP contribution in [0.2, 0.25) is 0 Å². The number of halogens is 2. The second-order valence-corrected chi connectivity index (χ2v) is 8.20. The number of rotatable bonds is 4. The van der Waals surface area contributed by atoms with Crippen molar-refractivity contribution in [2.75, 3.05) is 0 Å². The molecule has 0 saturated heterocycles. The van der Waals surface area contributed by atoms with Crippen molar-refractivity contribution in [3.8, 4) is 0 Å². The Labute approximate surface area is 169 Å². The van der Waals surface area contributed by atoms with Gasteiger partial charge in [-0.05, 0) is 6.42 Å². The van der Waals surface area contributed by atoms with Crippen LogP contribution >= 0.6 is 23.2 Å². The number of carbonyl (C=O) groups excluding carboxylic acids is 2. The average Bonchev–Trinajstić information content (AvgIpc) is 2.72. The lowest BCUT2D eigenvalue weighted by Gasteiger charge is -2.20. The first-order valence-corrected chi connectivity index (χ1v) is 9.89. The molecule has 6 atom stereocenters. The number of hydrogen-bond acceptors (Lipinski definition) is 6. The minimum Gasteiger partial charge on any atom is -0.462 e. The number of esters is 2. The molecule has 6 nitrogen and oxygen atoms in total. The summed E-state index contributed by atoms with van der Waals surface area (Å²) in [5, 5.41) is 19.1. The predicted octanol–water partition coefficient (Wildman–Crippen LogP) is 2.62. The van der Waals surface area contributed by atoms with E-state index in [0.717, 1.165) is 11.1 Å². The molecule has 0 spiro atoms. The number of hydrogen-bond donors (Lipinski definition) is 2. The van der Waals surface area contributed by atoms with E-state index in [9.17, 15) is 19.8 Å². The van der Waals surface area contributed by atoms with E-state index in [-0.39, 0.29) is 12.8 Å². The minimum atomic E-state index is -0.812. The van der Waals surface area contributed by atoms with E-state index in [2.05, 4.69) is 0 Å². The van der Waals surface area contributed by atoms with Crippen LogP contribution in [0.3, 0.4) is 0 Å². The molecule has 152 valence electrons. The van der Waals surface area contributed by atoms with Gasteiger partial charge in [0.2, 0.25) is 0 Å². The fourth-order valence-electron chi connectivity index (χ4n) is 3.56. The molecule has 2 aliphatic carbocycles. The van der Waals surface area contributed by atoms with Crippen LogP contribution in [-0.4, -0.2) is 57.3 Å². The Kier molecular flexibility index (Phi) is 8.16. The van der Waals surface area contributed by atoms with Gasteiger partial charge in [0.25, 0.3) is 0 Å². The second-order valence-electron chi connectivity index (χ2n) is 7.19. The van der Waals surface area contributed by atoms with Gasteiger partial charge < -0.3 is 19.7 Å². The lowest BCUT2D eigenvalue weighted by atomic mass is 9.96. The highest BCUT2D eigenvalue weighted by Gasteiger charge is 2.30. The molecule has 2 rings (SSSR count). The zero-order chi connectivity index (χ0) is 20.1. The van der Waals surface area contributed by atoms with Gasteiger partial charge >= 0.3 is 11.9 Å².